The van der Waals surface area contributed by atoms with Crippen LogP contribution in [0.15, 0.2) is 54.6 Å². The number of nitrogens with zero attached hydrogens (tertiary/aromatic N) is 4. The van der Waals surface area contributed by atoms with Gasteiger partial charge in [-0.3, -0.25) is 53.0 Å². The molecule has 10 amide bonds. The van der Waals surface area contributed by atoms with E-state index in [-0.39, 0.29) is 111 Å². The Balaban J connectivity index is 1.20. The van der Waals surface area contributed by atoms with E-state index in [1.165, 1.54) is 7.11 Å². The molecule has 0 radical (unpaired) electrons. The Hall–Kier alpha value is -8.52. The molecule has 2 heterocycles. The number of piperidine rings is 1. The highest BCUT2D eigenvalue weighted by molar-refractivity contribution is 5.98. The molecule has 0 unspecified atom stereocenters. The largest absolute Gasteiger partial charge is 0.420 e. The van der Waals surface area contributed by atoms with E-state index >= 15 is 0 Å². The van der Waals surface area contributed by atoms with Gasteiger partial charge in [-0.1, -0.05) is 118 Å². The minimum Gasteiger partial charge on any atom is -0.420 e. The molecule has 3 aromatic rings. The summed E-state index contributed by atoms with van der Waals surface area (Å²) in [5, 5.41) is 19.3. The predicted octanol–water partition coefficient (Wildman–Crippen LogP) is 8.04. The van der Waals surface area contributed by atoms with E-state index in [0.717, 1.165) is 10.5 Å². The Bertz CT molecular complexity index is 3490. The van der Waals surface area contributed by atoms with Gasteiger partial charge < -0.3 is 62.2 Å². The quantitative estimate of drug-likeness (QED) is 0.00673. The number of hydrogen-bond donors (Lipinski definition) is 8. The van der Waals surface area contributed by atoms with Crippen molar-refractivity contribution in [3.8, 4) is 5.75 Å². The molecule has 5 rings (SSSR count). The molecule has 596 valence electrons. The minimum atomic E-state index is -4.99. The van der Waals surface area contributed by atoms with Crippen LogP contribution in [-0.2, 0) is 60.9 Å². The molecule has 2 saturated heterocycles. The SMILES string of the molecule is CC[C@H](C)[C@@H]([C@@H](CC(=O)N1CCC[C@H]1[C@H](C)[C@@H](C)C(=O)N[C@@H](Cc1ccccc1)C(=O)NCc1ccc(NC(=O)[C@H](CCCNC(N)=O)NC(=O)[C@@H](NC(=O)CCCN2CC[C@H](C(=O)Oc3c(F)c(F)c(F)c(F)c3F)C[C@@H]2C(F)(F)F)C(C)C)cc1)OC)N(C)C(=O)[C@@H](NC(=O)[C@H](C(C)C)N(C)C)C(C)C. The van der Waals surface area contributed by atoms with Gasteiger partial charge in [-0.2, -0.15) is 22.0 Å². The zero-order valence-electron chi connectivity index (χ0n) is 63.5. The number of rotatable bonds is 38. The smallest absolute Gasteiger partial charge is 0.404 e. The second kappa shape index (κ2) is 41.2. The van der Waals surface area contributed by atoms with Crippen molar-refractivity contribution < 1.29 is 92.5 Å². The Kier molecular flexibility index (Phi) is 34.3. The van der Waals surface area contributed by atoms with Gasteiger partial charge >= 0.3 is 18.2 Å². The number of urea groups is 1. The molecule has 0 aromatic heterocycles. The number of alkyl halides is 3. The Morgan fingerprint density at radius 1 is 0.664 bits per heavy atom. The Labute approximate surface area is 621 Å². The molecule has 2 aliphatic rings. The lowest BCUT2D eigenvalue weighted by Crippen LogP contribution is -2.59. The van der Waals surface area contributed by atoms with Crippen LogP contribution in [0, 0.1) is 70.5 Å². The molecule has 0 aliphatic carbocycles. The number of amides is 10. The number of ether oxygens (including phenoxy) is 2. The fourth-order valence-electron chi connectivity index (χ4n) is 13.9. The first-order chi connectivity index (χ1) is 50.2. The summed E-state index contributed by atoms with van der Waals surface area (Å²) in [5.74, 6) is -23.6. The fraction of sp³-hybridized carbons (Fsp3) is 0.627. The summed E-state index contributed by atoms with van der Waals surface area (Å²) in [4.78, 5) is 143. The number of benzene rings is 3. The molecular formula is C75H108F8N12O12. The molecular weight excluding hydrogens is 1410 g/mol. The molecule has 2 fully saturated rings. The average Bonchev–Trinajstić information content (AvgIpc) is 1.43. The van der Waals surface area contributed by atoms with Gasteiger partial charge in [-0.15, -0.1) is 0 Å². The normalized spacial score (nSPS) is 18.4. The van der Waals surface area contributed by atoms with Crippen molar-refractivity contribution in [2.24, 2.45) is 47.2 Å². The standard InChI is InChI=1S/C75H108F8N12O12/c1-15-43(8)65(93(13)72(103)63(41(4)5)91-71(102)64(42(6)7)92(11)12)53(106-14)38-56(97)95-34-20-25-52(95)44(9)45(10)67(98)89-51(36-46-22-17-16-18-23-46)68(99)86-39-47-27-29-49(30-28-47)87-69(100)50(24-19-32-85-74(84)105)88-70(101)62(40(2)3)90-55(96)26-21-33-94-35-31-48(37-54(94)75(81,82)83)73(104)107-66-60(79)58(77)57(76)59(78)61(66)80/h16-18,22-23,27-30,40-45,48,50-54,62-65H,15,19-21,24-26,31-39H2,1-14H3,(H,86,99)(H,87,100)(H,88,101)(H,89,98)(H,90,96)(H,91,102)(H3,84,85,105)/t43-,44+,45+,48-,50-,51-,52-,53+,54+,62-,63-,64-,65-/m0/s1. The lowest BCUT2D eigenvalue weighted by atomic mass is 9.86. The number of nitrogens with one attached hydrogen (secondary N) is 7. The maximum absolute atomic E-state index is 14.6. The highest BCUT2D eigenvalue weighted by Crippen LogP contribution is 2.38. The van der Waals surface area contributed by atoms with E-state index in [9.17, 15) is 83.1 Å². The van der Waals surface area contributed by atoms with Crippen LogP contribution in [0.2, 0.25) is 0 Å². The van der Waals surface area contributed by atoms with Crippen LogP contribution >= 0.6 is 0 Å². The Morgan fingerprint density at radius 2 is 1.27 bits per heavy atom. The molecule has 0 saturated carbocycles. The van der Waals surface area contributed by atoms with Crippen molar-refractivity contribution in [2.75, 3.05) is 59.7 Å². The first-order valence-corrected chi connectivity index (χ1v) is 36.5. The van der Waals surface area contributed by atoms with Crippen LogP contribution in [0.1, 0.15) is 145 Å². The number of carbonyl (C=O) groups excluding carboxylic acids is 10. The van der Waals surface area contributed by atoms with E-state index in [1.54, 1.807) is 61.9 Å². The van der Waals surface area contributed by atoms with Gasteiger partial charge in [0, 0.05) is 64.3 Å². The molecule has 3 aromatic carbocycles. The van der Waals surface area contributed by atoms with Gasteiger partial charge in [0.25, 0.3) is 0 Å². The zero-order valence-corrected chi connectivity index (χ0v) is 63.5. The number of likely N-dealkylation sites (N-methyl/N-ethyl adjacent to an activating group) is 2. The number of nitrogens with two attached hydrogens (primary N) is 1. The van der Waals surface area contributed by atoms with Crippen molar-refractivity contribution in [2.45, 2.75) is 207 Å². The van der Waals surface area contributed by atoms with Crippen LogP contribution in [0.5, 0.6) is 5.75 Å². The molecule has 0 spiro atoms. The van der Waals surface area contributed by atoms with E-state index in [2.05, 4.69) is 42.0 Å². The number of methoxy groups -OCH3 is 1. The van der Waals surface area contributed by atoms with Gasteiger partial charge in [0.05, 0.1) is 30.5 Å². The van der Waals surface area contributed by atoms with Gasteiger partial charge in [0.1, 0.15) is 30.2 Å². The van der Waals surface area contributed by atoms with E-state index in [4.69, 9.17) is 10.5 Å². The topological polar surface area (TPSA) is 312 Å². The summed E-state index contributed by atoms with van der Waals surface area (Å²) >= 11 is 0. The molecule has 32 heteroatoms. The predicted molar refractivity (Wildman–Crippen MR) is 383 cm³/mol. The van der Waals surface area contributed by atoms with E-state index in [0.29, 0.717) is 31.4 Å². The maximum Gasteiger partial charge on any atom is 0.404 e. The van der Waals surface area contributed by atoms with Crippen molar-refractivity contribution in [1.82, 2.24) is 51.5 Å². The lowest BCUT2D eigenvalue weighted by molar-refractivity contribution is -0.197. The summed E-state index contributed by atoms with van der Waals surface area (Å²) in [6.07, 6.45) is -5.60. The molecule has 0 bridgehead atoms. The third kappa shape index (κ3) is 25.0. The number of halogens is 8. The number of primary amides is 1. The molecule has 9 N–H and O–H groups in total. The van der Waals surface area contributed by atoms with Crippen molar-refractivity contribution in [3.05, 3.63) is 94.8 Å². The summed E-state index contributed by atoms with van der Waals surface area (Å²) in [6.45, 7) is 18.1. The molecule has 13 atom stereocenters. The number of anilines is 1. The van der Waals surface area contributed by atoms with Gasteiger partial charge in [-0.25, -0.2) is 18.0 Å². The monoisotopic (exact) mass is 1520 g/mol. The van der Waals surface area contributed by atoms with Crippen LogP contribution in [0.25, 0.3) is 0 Å². The average molecular weight is 1520 g/mol. The van der Waals surface area contributed by atoms with E-state index < -0.39 is 168 Å². The fourth-order valence-corrected chi connectivity index (χ4v) is 13.9. The van der Waals surface area contributed by atoms with Crippen molar-refractivity contribution >= 4 is 64.9 Å². The minimum absolute atomic E-state index is 0.00765. The van der Waals surface area contributed by atoms with Gasteiger partial charge in [0.2, 0.25) is 82.1 Å². The third-order valence-corrected chi connectivity index (χ3v) is 20.3. The first kappa shape index (κ1) is 89.1. The molecule has 2 aliphatic heterocycles. The maximum atomic E-state index is 14.6. The van der Waals surface area contributed by atoms with Crippen molar-refractivity contribution in [3.63, 3.8) is 0 Å². The van der Waals surface area contributed by atoms with Gasteiger partial charge in [-0.05, 0) is 125 Å². The van der Waals surface area contributed by atoms with Gasteiger partial charge in [0.15, 0.2) is 0 Å². The summed E-state index contributed by atoms with van der Waals surface area (Å²) < 4.78 is 123. The number of esters is 1. The third-order valence-electron chi connectivity index (χ3n) is 20.3. The summed E-state index contributed by atoms with van der Waals surface area (Å²) in [5.41, 5.74) is 6.86. The summed E-state index contributed by atoms with van der Waals surface area (Å²) in [7, 11) is 6.85. The van der Waals surface area contributed by atoms with Crippen LogP contribution in [-0.4, -0.2) is 194 Å². The second-order valence-corrected chi connectivity index (χ2v) is 29.3. The zero-order chi connectivity index (χ0) is 80.1. The number of carbonyl (C=O) groups is 10. The molecule has 24 nitrogen and oxygen atoms in total. The molecule has 107 heavy (non-hydrogen) atoms. The highest BCUT2D eigenvalue weighted by atomic mass is 19.4. The second-order valence-electron chi connectivity index (χ2n) is 29.3. The number of hydrogen-bond acceptors (Lipinski definition) is 14. The number of likely N-dealkylation sites (tertiary alicyclic amines) is 2. The lowest BCUT2D eigenvalue weighted by Gasteiger charge is -2.41. The van der Waals surface area contributed by atoms with Crippen LogP contribution < -0.4 is 47.7 Å². The van der Waals surface area contributed by atoms with Crippen molar-refractivity contribution in [1.29, 1.82) is 0 Å². The highest BCUT2D eigenvalue weighted by Gasteiger charge is 2.49. The van der Waals surface area contributed by atoms with E-state index in [1.807, 2.05) is 97.8 Å². The Morgan fingerprint density at radius 3 is 1.83 bits per heavy atom. The van der Waals surface area contributed by atoms with Crippen LogP contribution in [0.3, 0.4) is 0 Å². The first-order valence-electron chi connectivity index (χ1n) is 36.5. The van der Waals surface area contributed by atoms with Crippen LogP contribution in [0.4, 0.5) is 45.6 Å². The summed E-state index contributed by atoms with van der Waals surface area (Å²) in [6, 6.07) is 6.47.